The highest BCUT2D eigenvalue weighted by Gasteiger charge is 2.26. The molecular formula is C14H21Cl2NO. The molecule has 1 aromatic rings. The molecule has 0 aliphatic rings. The molecule has 0 aliphatic carbocycles. The van der Waals surface area contributed by atoms with Gasteiger partial charge in [0.05, 0.1) is 16.1 Å². The van der Waals surface area contributed by atoms with Crippen LogP contribution in [0.15, 0.2) is 18.2 Å². The highest BCUT2D eigenvalue weighted by molar-refractivity contribution is 6.42. The smallest absolute Gasteiger partial charge is 0.0648 e. The summed E-state index contributed by atoms with van der Waals surface area (Å²) in [5, 5.41) is 11.5. The second kappa shape index (κ2) is 7.34. The van der Waals surface area contributed by atoms with Crippen molar-refractivity contribution in [3.8, 4) is 0 Å². The normalized spacial score (nSPS) is 14.8. The Balaban J connectivity index is 2.97. The van der Waals surface area contributed by atoms with Crippen molar-refractivity contribution < 1.29 is 5.11 Å². The fourth-order valence-electron chi connectivity index (χ4n) is 2.32. The van der Waals surface area contributed by atoms with Gasteiger partial charge in [0.25, 0.3) is 0 Å². The van der Waals surface area contributed by atoms with Crippen molar-refractivity contribution in [2.24, 2.45) is 11.7 Å². The van der Waals surface area contributed by atoms with Gasteiger partial charge in [0, 0.05) is 12.5 Å². The lowest BCUT2D eigenvalue weighted by Crippen LogP contribution is -2.32. The average molecular weight is 290 g/mol. The molecule has 0 aromatic heterocycles. The number of hydrogen-bond donors (Lipinski definition) is 2. The minimum atomic E-state index is -0.442. The highest BCUT2D eigenvalue weighted by atomic mass is 35.5. The first kappa shape index (κ1) is 15.8. The molecule has 0 aliphatic heterocycles. The topological polar surface area (TPSA) is 46.2 Å². The van der Waals surface area contributed by atoms with E-state index in [1.54, 1.807) is 12.1 Å². The van der Waals surface area contributed by atoms with Gasteiger partial charge in [-0.25, -0.2) is 0 Å². The van der Waals surface area contributed by atoms with Crippen LogP contribution in [0.1, 0.15) is 38.2 Å². The van der Waals surface area contributed by atoms with Crippen LogP contribution in [0.2, 0.25) is 10.0 Å². The molecule has 0 saturated carbocycles. The Labute approximate surface area is 119 Å². The zero-order chi connectivity index (χ0) is 13.7. The van der Waals surface area contributed by atoms with Gasteiger partial charge < -0.3 is 10.8 Å². The third kappa shape index (κ3) is 3.61. The van der Waals surface area contributed by atoms with E-state index in [2.05, 4.69) is 13.8 Å². The monoisotopic (exact) mass is 289 g/mol. The molecule has 2 atom stereocenters. The maximum Gasteiger partial charge on any atom is 0.0648 e. The van der Waals surface area contributed by atoms with Crippen LogP contribution in [0.25, 0.3) is 0 Å². The molecule has 3 N–H and O–H groups in total. The number of hydrogen-bond acceptors (Lipinski definition) is 2. The summed E-state index contributed by atoms with van der Waals surface area (Å²) in [5.74, 6) is 0.165. The number of rotatable bonds is 6. The molecule has 4 heteroatoms. The van der Waals surface area contributed by atoms with Crippen LogP contribution < -0.4 is 5.73 Å². The van der Waals surface area contributed by atoms with E-state index in [9.17, 15) is 5.11 Å². The molecule has 2 nitrogen and oxygen atoms in total. The largest absolute Gasteiger partial charge is 0.392 e. The van der Waals surface area contributed by atoms with Crippen molar-refractivity contribution in [1.29, 1.82) is 0 Å². The van der Waals surface area contributed by atoms with Crippen LogP contribution in [0.4, 0.5) is 0 Å². The standard InChI is InChI=1S/C14H21Cl2NO/c1-3-9(4-2)14(18)11(8-17)10-5-6-12(15)13(16)7-10/h5-7,9,11,14,18H,3-4,8,17H2,1-2H3. The van der Waals surface area contributed by atoms with E-state index < -0.39 is 6.10 Å². The highest BCUT2D eigenvalue weighted by Crippen LogP contribution is 2.31. The Bertz CT molecular complexity index is 380. The summed E-state index contributed by atoms with van der Waals surface area (Å²) in [6.07, 6.45) is 1.44. The Morgan fingerprint density at radius 1 is 1.17 bits per heavy atom. The lowest BCUT2D eigenvalue weighted by atomic mass is 9.83. The molecular weight excluding hydrogens is 269 g/mol. The van der Waals surface area contributed by atoms with Gasteiger partial charge in [0.2, 0.25) is 0 Å². The van der Waals surface area contributed by atoms with Gasteiger partial charge in [-0.1, -0.05) is 56.0 Å². The SMILES string of the molecule is CCC(CC)C(O)C(CN)c1ccc(Cl)c(Cl)c1. The fraction of sp³-hybridized carbons (Fsp3) is 0.571. The van der Waals surface area contributed by atoms with Crippen LogP contribution in [0.3, 0.4) is 0 Å². The molecule has 1 aromatic carbocycles. The summed E-state index contributed by atoms with van der Waals surface area (Å²) < 4.78 is 0. The van der Waals surface area contributed by atoms with Crippen LogP contribution in [0.5, 0.6) is 0 Å². The van der Waals surface area contributed by atoms with E-state index in [1.807, 2.05) is 6.07 Å². The quantitative estimate of drug-likeness (QED) is 0.836. The molecule has 102 valence electrons. The van der Waals surface area contributed by atoms with Gasteiger partial charge in [0.15, 0.2) is 0 Å². The summed E-state index contributed by atoms with van der Waals surface area (Å²) in [6, 6.07) is 5.44. The molecule has 0 fully saturated rings. The first-order valence-electron chi connectivity index (χ1n) is 6.38. The maximum absolute atomic E-state index is 10.4. The van der Waals surface area contributed by atoms with Crippen molar-refractivity contribution in [2.75, 3.05) is 6.54 Å². The number of nitrogens with two attached hydrogens (primary N) is 1. The van der Waals surface area contributed by atoms with Gasteiger partial charge in [-0.2, -0.15) is 0 Å². The van der Waals surface area contributed by atoms with E-state index in [0.717, 1.165) is 18.4 Å². The van der Waals surface area contributed by atoms with E-state index in [0.29, 0.717) is 16.6 Å². The molecule has 18 heavy (non-hydrogen) atoms. The van der Waals surface area contributed by atoms with Gasteiger partial charge in [0.1, 0.15) is 0 Å². The van der Waals surface area contributed by atoms with Crippen LogP contribution >= 0.6 is 23.2 Å². The molecule has 2 unspecified atom stereocenters. The molecule has 1 rings (SSSR count). The van der Waals surface area contributed by atoms with Crippen molar-refractivity contribution >= 4 is 23.2 Å². The summed E-state index contributed by atoms with van der Waals surface area (Å²) >= 11 is 11.9. The molecule has 0 amide bonds. The average Bonchev–Trinajstić information content (AvgIpc) is 2.36. The predicted octanol–water partition coefficient (Wildman–Crippen LogP) is 3.83. The van der Waals surface area contributed by atoms with E-state index >= 15 is 0 Å². The first-order valence-corrected chi connectivity index (χ1v) is 7.13. The molecule has 0 saturated heterocycles. The Kier molecular flexibility index (Phi) is 6.44. The lowest BCUT2D eigenvalue weighted by molar-refractivity contribution is 0.0780. The maximum atomic E-state index is 10.4. The van der Waals surface area contributed by atoms with Crippen LogP contribution in [0, 0.1) is 5.92 Å². The number of aliphatic hydroxyl groups excluding tert-OH is 1. The number of benzene rings is 1. The molecule has 0 bridgehead atoms. The lowest BCUT2D eigenvalue weighted by Gasteiger charge is -2.28. The minimum Gasteiger partial charge on any atom is -0.392 e. The second-order valence-corrected chi connectivity index (χ2v) is 5.40. The summed E-state index contributed by atoms with van der Waals surface area (Å²) in [7, 11) is 0. The summed E-state index contributed by atoms with van der Waals surface area (Å²) in [4.78, 5) is 0. The van der Waals surface area contributed by atoms with Crippen molar-refractivity contribution in [1.82, 2.24) is 0 Å². The summed E-state index contributed by atoms with van der Waals surface area (Å²) in [6.45, 7) is 4.56. The first-order chi connectivity index (χ1) is 8.54. The minimum absolute atomic E-state index is 0.0929. The van der Waals surface area contributed by atoms with Gasteiger partial charge in [-0.15, -0.1) is 0 Å². The van der Waals surface area contributed by atoms with Crippen molar-refractivity contribution in [3.05, 3.63) is 33.8 Å². The number of aliphatic hydroxyl groups is 1. The van der Waals surface area contributed by atoms with Gasteiger partial charge >= 0.3 is 0 Å². The third-order valence-corrected chi connectivity index (χ3v) is 4.31. The zero-order valence-electron chi connectivity index (χ0n) is 10.9. The Morgan fingerprint density at radius 2 is 1.78 bits per heavy atom. The van der Waals surface area contributed by atoms with Crippen LogP contribution in [-0.4, -0.2) is 17.8 Å². The molecule has 0 heterocycles. The van der Waals surface area contributed by atoms with Gasteiger partial charge in [-0.3, -0.25) is 0 Å². The predicted molar refractivity (Wildman–Crippen MR) is 78.3 cm³/mol. The Hall–Kier alpha value is -0.280. The third-order valence-electron chi connectivity index (χ3n) is 3.57. The summed E-state index contributed by atoms with van der Waals surface area (Å²) in [5.41, 5.74) is 6.76. The molecule has 0 radical (unpaired) electrons. The fourth-order valence-corrected chi connectivity index (χ4v) is 2.62. The molecule has 0 spiro atoms. The van der Waals surface area contributed by atoms with Gasteiger partial charge in [-0.05, 0) is 23.6 Å². The van der Waals surface area contributed by atoms with E-state index in [4.69, 9.17) is 28.9 Å². The van der Waals surface area contributed by atoms with E-state index in [-0.39, 0.29) is 11.8 Å². The van der Waals surface area contributed by atoms with Crippen LogP contribution in [-0.2, 0) is 0 Å². The zero-order valence-corrected chi connectivity index (χ0v) is 12.4. The Morgan fingerprint density at radius 3 is 2.22 bits per heavy atom. The van der Waals surface area contributed by atoms with Crippen molar-refractivity contribution in [2.45, 2.75) is 38.7 Å². The van der Waals surface area contributed by atoms with E-state index in [1.165, 1.54) is 0 Å². The second-order valence-electron chi connectivity index (χ2n) is 4.58. The number of halogens is 2. The van der Waals surface area contributed by atoms with Crippen molar-refractivity contribution in [3.63, 3.8) is 0 Å².